The van der Waals surface area contributed by atoms with Crippen molar-refractivity contribution in [3.05, 3.63) is 133 Å². The molecule has 0 aliphatic rings. The number of fused-ring (bicyclic) bond motifs is 9. The molecule has 3 heterocycles. The summed E-state index contributed by atoms with van der Waals surface area (Å²) in [5, 5.41) is 7.20. The van der Waals surface area contributed by atoms with Crippen molar-refractivity contribution in [3.8, 4) is 11.4 Å². The molecule has 0 amide bonds. The summed E-state index contributed by atoms with van der Waals surface area (Å²) in [7, 11) is 0. The molecule has 3 nitrogen and oxygen atoms in total. The lowest BCUT2D eigenvalue weighted by atomic mass is 10.1. The van der Waals surface area contributed by atoms with Gasteiger partial charge in [-0.15, -0.1) is 0 Å². The Morgan fingerprint density at radius 1 is 0.333 bits per heavy atom. The minimum absolute atomic E-state index is 0.918. The number of para-hydroxylation sites is 6. The zero-order valence-corrected chi connectivity index (χ0v) is 21.0. The van der Waals surface area contributed by atoms with E-state index in [9.17, 15) is 0 Å². The Morgan fingerprint density at radius 2 is 0.795 bits per heavy atom. The van der Waals surface area contributed by atoms with Crippen LogP contribution >= 0.6 is 0 Å². The van der Waals surface area contributed by atoms with Crippen LogP contribution in [0, 0.1) is 0 Å². The van der Waals surface area contributed by atoms with Gasteiger partial charge in [-0.1, -0.05) is 84.9 Å². The molecule has 0 atom stereocenters. The molecule has 0 unspecified atom stereocenters. The largest absolute Gasteiger partial charge is 0.456 e. The molecule has 0 aliphatic carbocycles. The fourth-order valence-electron chi connectivity index (χ4n) is 6.47. The van der Waals surface area contributed by atoms with E-state index in [0.717, 1.165) is 33.3 Å². The molecule has 0 saturated carbocycles. The Bertz CT molecular complexity index is 2350. The average molecular weight is 499 g/mol. The Balaban J connectivity index is 1.45. The lowest BCUT2D eigenvalue weighted by molar-refractivity contribution is 0.669. The first-order valence-electron chi connectivity index (χ1n) is 13.3. The van der Waals surface area contributed by atoms with E-state index in [1.807, 2.05) is 12.1 Å². The number of nitrogens with zero attached hydrogens (tertiary/aromatic N) is 2. The summed E-state index contributed by atoms with van der Waals surface area (Å²) in [4.78, 5) is 0. The van der Waals surface area contributed by atoms with Gasteiger partial charge in [0.1, 0.15) is 11.2 Å². The summed E-state index contributed by atoms with van der Waals surface area (Å²) in [6, 6.07) is 47.6. The minimum Gasteiger partial charge on any atom is -0.456 e. The predicted octanol–water partition coefficient (Wildman–Crippen LogP) is 9.78. The molecule has 0 saturated heterocycles. The van der Waals surface area contributed by atoms with Gasteiger partial charge in [-0.05, 0) is 48.5 Å². The van der Waals surface area contributed by atoms with Crippen molar-refractivity contribution in [2.45, 2.75) is 0 Å². The number of aromatic nitrogens is 2. The second-order valence-corrected chi connectivity index (χ2v) is 10.2. The van der Waals surface area contributed by atoms with Crippen molar-refractivity contribution in [1.82, 2.24) is 9.13 Å². The van der Waals surface area contributed by atoms with Crippen LogP contribution in [-0.2, 0) is 0 Å². The van der Waals surface area contributed by atoms with E-state index in [4.69, 9.17) is 4.42 Å². The smallest absolute Gasteiger partial charge is 0.136 e. The molecule has 0 aliphatic heterocycles. The summed E-state index contributed by atoms with van der Waals surface area (Å²) < 4.78 is 11.1. The highest BCUT2D eigenvalue weighted by Crippen LogP contribution is 2.40. The topological polar surface area (TPSA) is 23.0 Å². The Morgan fingerprint density at radius 3 is 1.41 bits per heavy atom. The van der Waals surface area contributed by atoms with Crippen LogP contribution in [0.2, 0.25) is 0 Å². The monoisotopic (exact) mass is 498 g/mol. The van der Waals surface area contributed by atoms with Crippen LogP contribution in [0.1, 0.15) is 0 Å². The predicted molar refractivity (Wildman–Crippen MR) is 162 cm³/mol. The van der Waals surface area contributed by atoms with Crippen LogP contribution in [0.4, 0.5) is 0 Å². The minimum atomic E-state index is 0.918. The van der Waals surface area contributed by atoms with Gasteiger partial charge in [-0.25, -0.2) is 0 Å². The Hall–Kier alpha value is -5.28. The molecule has 0 fully saturated rings. The number of hydrogen-bond donors (Lipinski definition) is 0. The summed E-state index contributed by atoms with van der Waals surface area (Å²) in [5.74, 6) is 0. The van der Waals surface area contributed by atoms with E-state index < -0.39 is 0 Å². The Kier molecular flexibility index (Phi) is 4.05. The third-order valence-corrected chi connectivity index (χ3v) is 8.11. The summed E-state index contributed by atoms with van der Waals surface area (Å²) in [5.41, 5.74) is 8.88. The molecule has 9 aromatic rings. The maximum Gasteiger partial charge on any atom is 0.136 e. The number of rotatable bonds is 2. The first kappa shape index (κ1) is 20.7. The van der Waals surface area contributed by atoms with E-state index >= 15 is 0 Å². The molecule has 6 aromatic carbocycles. The molecule has 0 spiro atoms. The highest BCUT2D eigenvalue weighted by atomic mass is 16.3. The van der Waals surface area contributed by atoms with Gasteiger partial charge in [0.05, 0.1) is 33.4 Å². The van der Waals surface area contributed by atoms with Gasteiger partial charge >= 0.3 is 0 Å². The maximum atomic E-state index is 6.29. The van der Waals surface area contributed by atoms with Gasteiger partial charge in [0, 0.05) is 32.3 Å². The van der Waals surface area contributed by atoms with E-state index in [-0.39, 0.29) is 0 Å². The molecule has 3 heteroatoms. The van der Waals surface area contributed by atoms with Gasteiger partial charge in [0.2, 0.25) is 0 Å². The normalized spacial score (nSPS) is 12.1. The first-order valence-corrected chi connectivity index (χ1v) is 13.3. The number of benzene rings is 6. The zero-order chi connectivity index (χ0) is 25.5. The molecule has 0 radical (unpaired) electrons. The summed E-state index contributed by atoms with van der Waals surface area (Å²) in [6.07, 6.45) is 0. The van der Waals surface area contributed by atoms with Gasteiger partial charge in [0.15, 0.2) is 0 Å². The second-order valence-electron chi connectivity index (χ2n) is 10.2. The fourth-order valence-corrected chi connectivity index (χ4v) is 6.47. The fraction of sp³-hybridized carbons (Fsp3) is 0. The van der Waals surface area contributed by atoms with Crippen molar-refractivity contribution in [1.29, 1.82) is 0 Å². The van der Waals surface area contributed by atoms with E-state index in [2.05, 4.69) is 130 Å². The second kappa shape index (κ2) is 7.62. The number of hydrogen-bond acceptors (Lipinski definition) is 1. The molecular formula is C36H22N2O. The van der Waals surface area contributed by atoms with Gasteiger partial charge < -0.3 is 13.6 Å². The van der Waals surface area contributed by atoms with Crippen molar-refractivity contribution in [2.24, 2.45) is 0 Å². The third kappa shape index (κ3) is 2.76. The highest BCUT2D eigenvalue weighted by molar-refractivity contribution is 6.17. The maximum absolute atomic E-state index is 6.29. The van der Waals surface area contributed by atoms with E-state index in [1.54, 1.807) is 0 Å². The zero-order valence-electron chi connectivity index (χ0n) is 21.0. The van der Waals surface area contributed by atoms with Crippen molar-refractivity contribution < 1.29 is 4.42 Å². The Labute approximate surface area is 223 Å². The standard InChI is InChI=1S/C36H22N2O/c1-5-15-29-23(11-1)24-12-2-6-16-30(24)37(29)32-18-8-9-19-33(32)38-31-17-7-3-13-25(31)27-22-36-28(21-34(27)38)26-14-4-10-20-35(26)39-36/h1-22H. The molecule has 3 aromatic heterocycles. The van der Waals surface area contributed by atoms with Crippen LogP contribution in [0.15, 0.2) is 138 Å². The van der Waals surface area contributed by atoms with Gasteiger partial charge in [-0.3, -0.25) is 0 Å². The van der Waals surface area contributed by atoms with Crippen LogP contribution in [0.5, 0.6) is 0 Å². The van der Waals surface area contributed by atoms with E-state index in [1.165, 1.54) is 43.6 Å². The summed E-state index contributed by atoms with van der Waals surface area (Å²) >= 11 is 0. The van der Waals surface area contributed by atoms with E-state index in [0.29, 0.717) is 0 Å². The molecular weight excluding hydrogens is 476 g/mol. The van der Waals surface area contributed by atoms with Crippen LogP contribution in [0.3, 0.4) is 0 Å². The third-order valence-electron chi connectivity index (χ3n) is 8.11. The summed E-state index contributed by atoms with van der Waals surface area (Å²) in [6.45, 7) is 0. The van der Waals surface area contributed by atoms with Gasteiger partial charge in [0.25, 0.3) is 0 Å². The molecule has 39 heavy (non-hydrogen) atoms. The molecule has 0 bridgehead atoms. The van der Waals surface area contributed by atoms with Crippen molar-refractivity contribution in [3.63, 3.8) is 0 Å². The lowest BCUT2D eigenvalue weighted by Crippen LogP contribution is -2.03. The average Bonchev–Trinajstić information content (AvgIpc) is 3.63. The van der Waals surface area contributed by atoms with Crippen LogP contribution in [-0.4, -0.2) is 9.13 Å². The van der Waals surface area contributed by atoms with Crippen molar-refractivity contribution >= 4 is 65.6 Å². The molecule has 182 valence electrons. The SMILES string of the molecule is c1ccc(-n2c3ccccc3c3cc4oc5ccccc5c4cc32)c(-n2c3ccccc3c3ccccc32)c1. The molecule has 9 rings (SSSR count). The molecule has 0 N–H and O–H groups in total. The number of furan rings is 1. The van der Waals surface area contributed by atoms with Crippen molar-refractivity contribution in [2.75, 3.05) is 0 Å². The highest BCUT2D eigenvalue weighted by Gasteiger charge is 2.20. The quantitative estimate of drug-likeness (QED) is 0.233. The first-order chi connectivity index (χ1) is 19.4. The van der Waals surface area contributed by atoms with Crippen LogP contribution in [0.25, 0.3) is 76.9 Å². The van der Waals surface area contributed by atoms with Crippen LogP contribution < -0.4 is 0 Å². The van der Waals surface area contributed by atoms with Gasteiger partial charge in [-0.2, -0.15) is 0 Å². The lowest BCUT2D eigenvalue weighted by Gasteiger charge is -2.16.